The lowest BCUT2D eigenvalue weighted by atomic mass is 9.83. The molecule has 2 aromatic rings. The van der Waals surface area contributed by atoms with E-state index in [1.54, 1.807) is 25.1 Å². The number of hydrogen-bond acceptors (Lipinski definition) is 4. The molecule has 3 rings (SSSR count). The van der Waals surface area contributed by atoms with E-state index in [-0.39, 0.29) is 18.4 Å². The molecule has 1 unspecified atom stereocenters. The summed E-state index contributed by atoms with van der Waals surface area (Å²) in [7, 11) is 0. The molecule has 0 saturated carbocycles. The van der Waals surface area contributed by atoms with Crippen molar-refractivity contribution in [2.24, 2.45) is 5.73 Å². The van der Waals surface area contributed by atoms with E-state index in [4.69, 9.17) is 26.8 Å². The van der Waals surface area contributed by atoms with Crippen LogP contribution < -0.4 is 10.5 Å². The van der Waals surface area contributed by atoms with Crippen LogP contribution >= 0.6 is 11.6 Å². The minimum atomic E-state index is -0.480. The molecule has 0 fully saturated rings. The minimum Gasteiger partial charge on any atom is -0.462 e. The number of aryl methyl sites for hydroxylation is 1. The summed E-state index contributed by atoms with van der Waals surface area (Å²) < 4.78 is 10.8. The molecule has 0 aromatic heterocycles. The van der Waals surface area contributed by atoms with Crippen LogP contribution in [0.5, 0.6) is 5.75 Å². The van der Waals surface area contributed by atoms with Crippen molar-refractivity contribution in [1.29, 1.82) is 0 Å². The fourth-order valence-electron chi connectivity index (χ4n) is 2.84. The zero-order valence-electron chi connectivity index (χ0n) is 13.5. The third-order valence-corrected chi connectivity index (χ3v) is 4.20. The molecule has 0 radical (unpaired) electrons. The molecule has 0 saturated heterocycles. The Balaban J connectivity index is 2.19. The molecule has 24 heavy (non-hydrogen) atoms. The number of ether oxygens (including phenoxy) is 2. The second kappa shape index (κ2) is 6.57. The lowest BCUT2D eigenvalue weighted by Crippen LogP contribution is -2.27. The van der Waals surface area contributed by atoms with Crippen LogP contribution in [-0.4, -0.2) is 12.6 Å². The van der Waals surface area contributed by atoms with Gasteiger partial charge in [-0.05, 0) is 37.6 Å². The molecule has 2 aromatic carbocycles. The minimum absolute atomic E-state index is 0.0637. The van der Waals surface area contributed by atoms with Crippen molar-refractivity contribution in [2.75, 3.05) is 6.61 Å². The van der Waals surface area contributed by atoms with Gasteiger partial charge in [0.1, 0.15) is 11.3 Å². The molecular weight excluding hydrogens is 326 g/mol. The molecule has 2 N–H and O–H groups in total. The number of esters is 1. The molecule has 1 aliphatic heterocycles. The zero-order chi connectivity index (χ0) is 17.3. The van der Waals surface area contributed by atoms with E-state index in [1.807, 2.05) is 31.2 Å². The first kappa shape index (κ1) is 16.4. The van der Waals surface area contributed by atoms with E-state index in [1.165, 1.54) is 0 Å². The zero-order valence-corrected chi connectivity index (χ0v) is 14.3. The maximum absolute atomic E-state index is 12.5. The Bertz CT molecular complexity index is 812. The number of hydrogen-bond donors (Lipinski definition) is 1. The van der Waals surface area contributed by atoms with Crippen molar-refractivity contribution in [3.05, 3.63) is 75.6 Å². The van der Waals surface area contributed by atoms with E-state index < -0.39 is 5.97 Å². The van der Waals surface area contributed by atoms with Gasteiger partial charge in [-0.2, -0.15) is 0 Å². The summed E-state index contributed by atoms with van der Waals surface area (Å²) in [6.07, 6.45) is 0. The molecule has 124 valence electrons. The third kappa shape index (κ3) is 2.97. The summed E-state index contributed by atoms with van der Waals surface area (Å²) >= 11 is 6.16. The lowest BCUT2D eigenvalue weighted by molar-refractivity contribution is -0.139. The molecule has 1 aliphatic rings. The summed E-state index contributed by atoms with van der Waals surface area (Å²) in [5.74, 6) is -0.206. The monoisotopic (exact) mass is 343 g/mol. The standard InChI is InChI=1S/C19H18ClNO3/c1-3-23-19(22)17-16(12-6-4-11(2)5-7-12)14-10-13(20)8-9-15(14)24-18(17)21/h4-10,16H,3,21H2,1-2H3. The smallest absolute Gasteiger partial charge is 0.340 e. The molecule has 1 heterocycles. The van der Waals surface area contributed by atoms with Gasteiger partial charge in [-0.1, -0.05) is 41.4 Å². The molecule has 0 spiro atoms. The van der Waals surface area contributed by atoms with Gasteiger partial charge in [0, 0.05) is 10.6 Å². The number of carbonyl (C=O) groups excluding carboxylic acids is 1. The van der Waals surface area contributed by atoms with Crippen molar-refractivity contribution in [3.8, 4) is 5.75 Å². The third-order valence-electron chi connectivity index (χ3n) is 3.96. The van der Waals surface area contributed by atoms with E-state index in [9.17, 15) is 4.79 Å². The highest BCUT2D eigenvalue weighted by Crippen LogP contribution is 2.43. The molecule has 4 nitrogen and oxygen atoms in total. The predicted octanol–water partition coefficient (Wildman–Crippen LogP) is 3.91. The second-order valence-corrected chi connectivity index (χ2v) is 6.06. The lowest BCUT2D eigenvalue weighted by Gasteiger charge is -2.28. The van der Waals surface area contributed by atoms with Crippen LogP contribution in [0.3, 0.4) is 0 Å². The predicted molar refractivity (Wildman–Crippen MR) is 92.9 cm³/mol. The Kier molecular flexibility index (Phi) is 4.49. The Morgan fingerprint density at radius 2 is 1.96 bits per heavy atom. The summed E-state index contributed by atoms with van der Waals surface area (Å²) in [4.78, 5) is 12.5. The summed E-state index contributed by atoms with van der Waals surface area (Å²) in [5, 5.41) is 0.568. The Morgan fingerprint density at radius 1 is 1.25 bits per heavy atom. The van der Waals surface area contributed by atoms with Crippen LogP contribution in [0.15, 0.2) is 53.9 Å². The van der Waals surface area contributed by atoms with Crippen LogP contribution in [0.1, 0.15) is 29.5 Å². The van der Waals surface area contributed by atoms with Gasteiger partial charge in [0.05, 0.1) is 12.5 Å². The van der Waals surface area contributed by atoms with Crippen LogP contribution in [0.25, 0.3) is 0 Å². The molecule has 1 atom stereocenters. The number of fused-ring (bicyclic) bond motifs is 1. The van der Waals surface area contributed by atoms with Gasteiger partial charge in [-0.3, -0.25) is 0 Å². The maximum Gasteiger partial charge on any atom is 0.340 e. The molecule has 0 amide bonds. The second-order valence-electron chi connectivity index (χ2n) is 5.63. The highest BCUT2D eigenvalue weighted by molar-refractivity contribution is 6.30. The molecule has 5 heteroatoms. The van der Waals surface area contributed by atoms with Crippen molar-refractivity contribution in [2.45, 2.75) is 19.8 Å². The van der Waals surface area contributed by atoms with Crippen LogP contribution in [0, 0.1) is 6.92 Å². The van der Waals surface area contributed by atoms with Gasteiger partial charge < -0.3 is 15.2 Å². The largest absolute Gasteiger partial charge is 0.462 e. The first-order valence-electron chi connectivity index (χ1n) is 7.72. The van der Waals surface area contributed by atoms with Gasteiger partial charge in [-0.25, -0.2) is 4.79 Å². The molecule has 0 aliphatic carbocycles. The Labute approximate surface area is 145 Å². The molecule has 0 bridgehead atoms. The topological polar surface area (TPSA) is 61.5 Å². The first-order valence-corrected chi connectivity index (χ1v) is 8.09. The van der Waals surface area contributed by atoms with Gasteiger partial charge in [0.15, 0.2) is 0 Å². The highest BCUT2D eigenvalue weighted by atomic mass is 35.5. The number of halogens is 1. The number of rotatable bonds is 3. The van der Waals surface area contributed by atoms with Gasteiger partial charge in [0.2, 0.25) is 5.88 Å². The van der Waals surface area contributed by atoms with Crippen LogP contribution in [-0.2, 0) is 9.53 Å². The molecular formula is C19H18ClNO3. The van der Waals surface area contributed by atoms with Gasteiger partial charge in [-0.15, -0.1) is 0 Å². The first-order chi connectivity index (χ1) is 11.5. The fraction of sp³-hybridized carbons (Fsp3) is 0.211. The normalized spacial score (nSPS) is 16.4. The van der Waals surface area contributed by atoms with E-state index in [0.29, 0.717) is 16.3 Å². The van der Waals surface area contributed by atoms with Crippen molar-refractivity contribution in [3.63, 3.8) is 0 Å². The van der Waals surface area contributed by atoms with Gasteiger partial charge >= 0.3 is 5.97 Å². The Morgan fingerprint density at radius 3 is 2.62 bits per heavy atom. The van der Waals surface area contributed by atoms with Crippen molar-refractivity contribution < 1.29 is 14.3 Å². The number of benzene rings is 2. The SMILES string of the molecule is CCOC(=O)C1=C(N)Oc2ccc(Cl)cc2C1c1ccc(C)cc1. The van der Waals surface area contributed by atoms with E-state index in [2.05, 4.69) is 0 Å². The van der Waals surface area contributed by atoms with Gasteiger partial charge in [0.25, 0.3) is 0 Å². The average Bonchev–Trinajstić information content (AvgIpc) is 2.55. The number of carbonyl (C=O) groups is 1. The maximum atomic E-state index is 12.5. The summed E-state index contributed by atoms with van der Waals surface area (Å²) in [5.41, 5.74) is 9.20. The van der Waals surface area contributed by atoms with Crippen molar-refractivity contribution in [1.82, 2.24) is 0 Å². The fourth-order valence-corrected chi connectivity index (χ4v) is 3.02. The Hall–Kier alpha value is -2.46. The van der Waals surface area contributed by atoms with Crippen molar-refractivity contribution >= 4 is 17.6 Å². The quantitative estimate of drug-likeness (QED) is 0.858. The van der Waals surface area contributed by atoms with Crippen LogP contribution in [0.2, 0.25) is 5.02 Å². The average molecular weight is 344 g/mol. The van der Waals surface area contributed by atoms with E-state index in [0.717, 1.165) is 16.7 Å². The highest BCUT2D eigenvalue weighted by Gasteiger charge is 2.35. The van der Waals surface area contributed by atoms with E-state index >= 15 is 0 Å². The number of nitrogens with two attached hydrogens (primary N) is 1. The summed E-state index contributed by atoms with van der Waals surface area (Å²) in [6, 6.07) is 13.2. The van der Waals surface area contributed by atoms with Crippen LogP contribution in [0.4, 0.5) is 0 Å². The summed E-state index contributed by atoms with van der Waals surface area (Å²) in [6.45, 7) is 4.03.